The molecule has 0 aromatic carbocycles. The maximum atomic E-state index is 11.8. The van der Waals surface area contributed by atoms with Gasteiger partial charge in [-0.2, -0.15) is 0 Å². The van der Waals surface area contributed by atoms with Gasteiger partial charge >= 0.3 is 5.97 Å². The molecule has 1 aromatic rings. The van der Waals surface area contributed by atoms with E-state index in [9.17, 15) is 9.59 Å². The second kappa shape index (κ2) is 6.51. The molecule has 1 rings (SSSR count). The van der Waals surface area contributed by atoms with Gasteiger partial charge in [0.05, 0.1) is 13.1 Å². The molecule has 1 aromatic heterocycles. The van der Waals surface area contributed by atoms with E-state index < -0.39 is 12.0 Å². The van der Waals surface area contributed by atoms with E-state index in [1.54, 1.807) is 6.07 Å². The molecule has 7 heteroatoms. The SMILES string of the molecule is CCC[C@@H](NC(=O)c1cc(Br)sc1Br)C(=O)O. The lowest BCUT2D eigenvalue weighted by molar-refractivity contribution is -0.139. The van der Waals surface area contributed by atoms with Gasteiger partial charge in [0, 0.05) is 0 Å². The fourth-order valence-corrected chi connectivity index (χ4v) is 4.07. The molecule has 4 nitrogen and oxygen atoms in total. The average molecular weight is 385 g/mol. The number of carbonyl (C=O) groups excluding carboxylic acids is 1. The number of halogens is 2. The van der Waals surface area contributed by atoms with Crippen molar-refractivity contribution in [3.8, 4) is 0 Å². The van der Waals surface area contributed by atoms with Crippen LogP contribution in [0.25, 0.3) is 0 Å². The van der Waals surface area contributed by atoms with E-state index in [0.717, 1.165) is 3.79 Å². The van der Waals surface area contributed by atoms with Crippen LogP contribution in [0.15, 0.2) is 13.6 Å². The van der Waals surface area contributed by atoms with Gasteiger partial charge in [0.15, 0.2) is 0 Å². The van der Waals surface area contributed by atoms with E-state index in [-0.39, 0.29) is 5.91 Å². The van der Waals surface area contributed by atoms with Gasteiger partial charge < -0.3 is 10.4 Å². The maximum absolute atomic E-state index is 11.8. The summed E-state index contributed by atoms with van der Waals surface area (Å²) in [5.74, 6) is -1.38. The molecule has 0 aliphatic carbocycles. The predicted octanol–water partition coefficient (Wildman–Crippen LogP) is 3.26. The summed E-state index contributed by atoms with van der Waals surface area (Å²) in [7, 11) is 0. The van der Waals surface area contributed by atoms with Crippen LogP contribution >= 0.6 is 43.2 Å². The van der Waals surface area contributed by atoms with E-state index in [0.29, 0.717) is 22.2 Å². The van der Waals surface area contributed by atoms with Gasteiger partial charge in [-0.1, -0.05) is 13.3 Å². The number of carbonyl (C=O) groups is 2. The van der Waals surface area contributed by atoms with Crippen LogP contribution in [-0.2, 0) is 4.79 Å². The van der Waals surface area contributed by atoms with Gasteiger partial charge in [0.25, 0.3) is 5.91 Å². The number of hydrogen-bond acceptors (Lipinski definition) is 3. The minimum Gasteiger partial charge on any atom is -0.480 e. The lowest BCUT2D eigenvalue weighted by atomic mass is 10.1. The molecule has 0 unspecified atom stereocenters. The van der Waals surface area contributed by atoms with Crippen LogP contribution in [0.2, 0.25) is 0 Å². The number of amides is 1. The van der Waals surface area contributed by atoms with Gasteiger partial charge in [-0.05, 0) is 44.3 Å². The van der Waals surface area contributed by atoms with Crippen molar-refractivity contribution in [2.24, 2.45) is 0 Å². The average Bonchev–Trinajstić information content (AvgIpc) is 2.57. The van der Waals surface area contributed by atoms with Crippen LogP contribution < -0.4 is 5.32 Å². The zero-order chi connectivity index (χ0) is 13.0. The zero-order valence-corrected chi connectivity index (χ0v) is 13.0. The fourth-order valence-electron chi connectivity index (χ4n) is 1.28. The zero-order valence-electron chi connectivity index (χ0n) is 9.00. The molecule has 0 radical (unpaired) electrons. The number of rotatable bonds is 5. The van der Waals surface area contributed by atoms with Crippen molar-refractivity contribution < 1.29 is 14.7 Å². The van der Waals surface area contributed by atoms with E-state index in [1.165, 1.54) is 11.3 Å². The van der Waals surface area contributed by atoms with Crippen molar-refractivity contribution >= 4 is 55.1 Å². The van der Waals surface area contributed by atoms with Gasteiger partial charge in [-0.15, -0.1) is 11.3 Å². The first-order valence-corrected chi connectivity index (χ1v) is 7.34. The van der Waals surface area contributed by atoms with E-state index in [1.807, 2.05) is 6.92 Å². The second-order valence-electron chi connectivity index (χ2n) is 3.39. The molecule has 17 heavy (non-hydrogen) atoms. The summed E-state index contributed by atoms with van der Waals surface area (Å²) in [6, 6.07) is 0.827. The molecule has 0 aliphatic rings. The smallest absolute Gasteiger partial charge is 0.326 e. The lowest BCUT2D eigenvalue weighted by Crippen LogP contribution is -2.40. The Morgan fingerprint density at radius 2 is 2.18 bits per heavy atom. The highest BCUT2D eigenvalue weighted by Gasteiger charge is 2.21. The summed E-state index contributed by atoms with van der Waals surface area (Å²) in [6.07, 6.45) is 1.12. The molecule has 0 spiro atoms. The Kier molecular flexibility index (Phi) is 5.61. The molecule has 94 valence electrons. The molecule has 1 atom stereocenters. The molecule has 0 aliphatic heterocycles. The van der Waals surface area contributed by atoms with Crippen molar-refractivity contribution in [1.29, 1.82) is 0 Å². The first kappa shape index (κ1) is 14.7. The van der Waals surface area contributed by atoms with Gasteiger partial charge in [-0.25, -0.2) is 4.79 Å². The number of nitrogens with one attached hydrogen (secondary N) is 1. The summed E-state index contributed by atoms with van der Waals surface area (Å²) in [5.41, 5.74) is 0.448. The highest BCUT2D eigenvalue weighted by molar-refractivity contribution is 9.12. The number of aliphatic carboxylic acids is 1. The Morgan fingerprint density at radius 1 is 1.53 bits per heavy atom. The third-order valence-electron chi connectivity index (χ3n) is 2.08. The third-order valence-corrected chi connectivity index (χ3v) is 4.42. The summed E-state index contributed by atoms with van der Waals surface area (Å²) >= 11 is 7.90. The maximum Gasteiger partial charge on any atom is 0.326 e. The highest BCUT2D eigenvalue weighted by Crippen LogP contribution is 2.31. The Balaban J connectivity index is 2.77. The van der Waals surface area contributed by atoms with Crippen LogP contribution in [-0.4, -0.2) is 23.0 Å². The van der Waals surface area contributed by atoms with Gasteiger partial charge in [-0.3, -0.25) is 4.79 Å². The quantitative estimate of drug-likeness (QED) is 0.818. The standard InChI is InChI=1S/C10H11Br2NO3S/c1-2-3-6(10(15)16)13-9(14)5-4-7(11)17-8(5)12/h4,6H,2-3H2,1H3,(H,13,14)(H,15,16)/t6-/m1/s1. The Morgan fingerprint density at radius 3 is 2.59 bits per heavy atom. The highest BCUT2D eigenvalue weighted by atomic mass is 79.9. The predicted molar refractivity (Wildman–Crippen MR) is 73.5 cm³/mol. The molecule has 0 fully saturated rings. The minimum absolute atomic E-state index is 0.375. The molecular weight excluding hydrogens is 374 g/mol. The van der Waals surface area contributed by atoms with Crippen molar-refractivity contribution in [2.75, 3.05) is 0 Å². The van der Waals surface area contributed by atoms with E-state index >= 15 is 0 Å². The normalized spacial score (nSPS) is 12.2. The Bertz CT molecular complexity index is 433. The Labute approximate surface area is 120 Å². The minimum atomic E-state index is -1.01. The monoisotopic (exact) mass is 383 g/mol. The molecule has 0 saturated heterocycles. The molecule has 2 N–H and O–H groups in total. The first-order chi connectivity index (χ1) is 7.95. The number of hydrogen-bond donors (Lipinski definition) is 2. The number of carboxylic acid groups (broad SMARTS) is 1. The molecule has 1 amide bonds. The topological polar surface area (TPSA) is 66.4 Å². The summed E-state index contributed by atoms with van der Waals surface area (Å²) in [4.78, 5) is 22.8. The van der Waals surface area contributed by atoms with Gasteiger partial charge in [0.2, 0.25) is 0 Å². The van der Waals surface area contributed by atoms with Crippen LogP contribution in [0.3, 0.4) is 0 Å². The molecule has 0 bridgehead atoms. The first-order valence-electron chi connectivity index (χ1n) is 4.94. The largest absolute Gasteiger partial charge is 0.480 e. The number of thiophene rings is 1. The molecule has 0 saturated carbocycles. The van der Waals surface area contributed by atoms with Crippen molar-refractivity contribution in [3.63, 3.8) is 0 Å². The van der Waals surface area contributed by atoms with Gasteiger partial charge in [0.1, 0.15) is 6.04 Å². The lowest BCUT2D eigenvalue weighted by Gasteiger charge is -2.12. The van der Waals surface area contributed by atoms with Crippen molar-refractivity contribution in [1.82, 2.24) is 5.32 Å². The number of carboxylic acids is 1. The summed E-state index contributed by atoms with van der Waals surface area (Å²) in [5, 5.41) is 11.4. The second-order valence-corrected chi connectivity index (χ2v) is 7.14. The fraction of sp³-hybridized carbons (Fsp3) is 0.400. The Hall–Kier alpha value is -0.400. The van der Waals surface area contributed by atoms with E-state index in [4.69, 9.17) is 5.11 Å². The summed E-state index contributed by atoms with van der Waals surface area (Å²) < 4.78 is 1.50. The van der Waals surface area contributed by atoms with Crippen LogP contribution in [0.5, 0.6) is 0 Å². The third kappa shape index (κ3) is 4.08. The van der Waals surface area contributed by atoms with E-state index in [2.05, 4.69) is 37.2 Å². The molecule has 1 heterocycles. The van der Waals surface area contributed by atoms with Crippen LogP contribution in [0.4, 0.5) is 0 Å². The van der Waals surface area contributed by atoms with Crippen LogP contribution in [0, 0.1) is 0 Å². The van der Waals surface area contributed by atoms with Crippen molar-refractivity contribution in [2.45, 2.75) is 25.8 Å². The summed E-state index contributed by atoms with van der Waals surface area (Å²) in [6.45, 7) is 1.87. The molecular formula is C10H11Br2NO3S. The van der Waals surface area contributed by atoms with Crippen molar-refractivity contribution in [3.05, 3.63) is 19.2 Å². The van der Waals surface area contributed by atoms with Crippen LogP contribution in [0.1, 0.15) is 30.1 Å².